The molecule has 2 unspecified atom stereocenters. The molecule has 2 aliphatic rings. The summed E-state index contributed by atoms with van der Waals surface area (Å²) in [6.07, 6.45) is 3.07. The molecular weight excluding hydrogens is 286 g/mol. The number of anilines is 1. The number of amides is 1. The van der Waals surface area contributed by atoms with Crippen molar-refractivity contribution >= 4 is 22.2 Å². The first-order chi connectivity index (χ1) is 10.2. The number of nitriles is 1. The summed E-state index contributed by atoms with van der Waals surface area (Å²) in [5.41, 5.74) is 1.80. The van der Waals surface area contributed by atoms with E-state index in [0.717, 1.165) is 24.8 Å². The van der Waals surface area contributed by atoms with E-state index >= 15 is 0 Å². The number of hydrogen-bond acceptors (Lipinski definition) is 5. The highest BCUT2D eigenvalue weighted by molar-refractivity contribution is 7.16. The van der Waals surface area contributed by atoms with E-state index in [1.165, 1.54) is 4.88 Å². The maximum absolute atomic E-state index is 12.3. The second-order valence-electron chi connectivity index (χ2n) is 5.74. The van der Waals surface area contributed by atoms with Gasteiger partial charge in [-0.05, 0) is 30.7 Å². The van der Waals surface area contributed by atoms with Crippen LogP contribution in [0.5, 0.6) is 0 Å². The van der Waals surface area contributed by atoms with Gasteiger partial charge >= 0.3 is 0 Å². The number of rotatable bonds is 2. The lowest BCUT2D eigenvalue weighted by molar-refractivity contribution is -0.120. The Morgan fingerprint density at radius 2 is 2.43 bits per heavy atom. The number of thiophene rings is 1. The van der Waals surface area contributed by atoms with Crippen molar-refractivity contribution in [3.05, 3.63) is 16.0 Å². The maximum atomic E-state index is 12.3. The minimum Gasteiger partial charge on any atom is -0.378 e. The number of nitrogens with one attached hydrogen (secondary N) is 2. The van der Waals surface area contributed by atoms with Gasteiger partial charge in [-0.1, -0.05) is 6.92 Å². The average Bonchev–Trinajstić information content (AvgIpc) is 2.84. The van der Waals surface area contributed by atoms with Gasteiger partial charge in [0.15, 0.2) is 0 Å². The first kappa shape index (κ1) is 14.5. The minimum atomic E-state index is -0.330. The van der Waals surface area contributed by atoms with E-state index < -0.39 is 0 Å². The Balaban J connectivity index is 1.79. The van der Waals surface area contributed by atoms with Crippen LogP contribution in [0.1, 0.15) is 29.3 Å². The Morgan fingerprint density at radius 3 is 3.14 bits per heavy atom. The van der Waals surface area contributed by atoms with Crippen LogP contribution in [-0.2, 0) is 22.4 Å². The van der Waals surface area contributed by atoms with Crippen LogP contribution in [-0.4, -0.2) is 31.7 Å². The molecule has 21 heavy (non-hydrogen) atoms. The molecule has 1 aliphatic heterocycles. The van der Waals surface area contributed by atoms with E-state index in [2.05, 4.69) is 23.6 Å². The van der Waals surface area contributed by atoms with Gasteiger partial charge in [0.05, 0.1) is 18.8 Å². The number of ether oxygens (including phenoxy) is 1. The average molecular weight is 305 g/mol. The maximum Gasteiger partial charge on any atom is 0.244 e. The van der Waals surface area contributed by atoms with E-state index in [9.17, 15) is 10.1 Å². The molecule has 1 fully saturated rings. The van der Waals surface area contributed by atoms with Crippen molar-refractivity contribution in [3.63, 3.8) is 0 Å². The van der Waals surface area contributed by atoms with Gasteiger partial charge in [-0.15, -0.1) is 11.3 Å². The van der Waals surface area contributed by atoms with Crippen LogP contribution >= 0.6 is 11.3 Å². The second kappa shape index (κ2) is 6.14. The number of carbonyl (C=O) groups is 1. The van der Waals surface area contributed by atoms with Crippen molar-refractivity contribution in [1.82, 2.24) is 5.32 Å². The molecule has 1 aromatic heterocycles. The molecule has 0 radical (unpaired) electrons. The highest BCUT2D eigenvalue weighted by atomic mass is 32.1. The molecule has 2 atom stereocenters. The van der Waals surface area contributed by atoms with E-state index in [4.69, 9.17) is 4.74 Å². The summed E-state index contributed by atoms with van der Waals surface area (Å²) in [5, 5.41) is 16.2. The molecule has 0 bridgehead atoms. The van der Waals surface area contributed by atoms with Crippen LogP contribution in [0.25, 0.3) is 0 Å². The molecule has 1 aliphatic carbocycles. The highest BCUT2D eigenvalue weighted by Crippen LogP contribution is 2.39. The summed E-state index contributed by atoms with van der Waals surface area (Å²) in [6, 6.07) is 1.94. The monoisotopic (exact) mass is 305 g/mol. The normalized spacial score (nSPS) is 25.0. The fourth-order valence-corrected chi connectivity index (χ4v) is 4.25. The molecule has 6 heteroatoms. The topological polar surface area (TPSA) is 74.2 Å². The van der Waals surface area contributed by atoms with Crippen molar-refractivity contribution in [3.8, 4) is 6.07 Å². The molecule has 1 amide bonds. The van der Waals surface area contributed by atoms with E-state index in [0.29, 0.717) is 36.2 Å². The lowest BCUT2D eigenvalue weighted by Gasteiger charge is -2.22. The number of nitrogens with zero attached hydrogens (tertiary/aromatic N) is 1. The molecule has 112 valence electrons. The summed E-state index contributed by atoms with van der Waals surface area (Å²) in [4.78, 5) is 13.5. The molecule has 5 nitrogen and oxygen atoms in total. The Labute approximate surface area is 128 Å². The first-order valence-electron chi connectivity index (χ1n) is 7.35. The van der Waals surface area contributed by atoms with Crippen LogP contribution in [0.4, 0.5) is 5.00 Å². The molecule has 3 rings (SSSR count). The zero-order valence-corrected chi connectivity index (χ0v) is 12.9. The summed E-state index contributed by atoms with van der Waals surface area (Å²) in [7, 11) is 0. The number of hydrogen-bond donors (Lipinski definition) is 2. The van der Waals surface area contributed by atoms with E-state index in [1.54, 1.807) is 11.3 Å². The zero-order valence-electron chi connectivity index (χ0n) is 12.1. The third-order valence-corrected chi connectivity index (χ3v) is 5.27. The molecule has 1 saturated heterocycles. The van der Waals surface area contributed by atoms with Gasteiger partial charge < -0.3 is 15.4 Å². The molecule has 2 N–H and O–H groups in total. The van der Waals surface area contributed by atoms with Crippen LogP contribution in [0.2, 0.25) is 0 Å². The van der Waals surface area contributed by atoms with Crippen LogP contribution in [0.3, 0.4) is 0 Å². The third kappa shape index (κ3) is 2.95. The molecule has 1 aromatic rings. The molecule has 0 saturated carbocycles. The smallest absolute Gasteiger partial charge is 0.244 e. The fraction of sp³-hybridized carbons (Fsp3) is 0.600. The summed E-state index contributed by atoms with van der Waals surface area (Å²) in [5.74, 6) is 0.539. The second-order valence-corrected chi connectivity index (χ2v) is 6.84. The van der Waals surface area contributed by atoms with Crippen LogP contribution in [0.15, 0.2) is 0 Å². The lowest BCUT2D eigenvalue weighted by Crippen LogP contribution is -2.48. The first-order valence-corrected chi connectivity index (χ1v) is 8.17. The highest BCUT2D eigenvalue weighted by Gasteiger charge is 2.27. The molecular formula is C15H19N3O2S. The largest absolute Gasteiger partial charge is 0.378 e. The van der Waals surface area contributed by atoms with Crippen molar-refractivity contribution < 1.29 is 9.53 Å². The van der Waals surface area contributed by atoms with Crippen LogP contribution < -0.4 is 10.6 Å². The number of morpholine rings is 1. The van der Waals surface area contributed by atoms with E-state index in [-0.39, 0.29) is 11.9 Å². The SMILES string of the molecule is CC1CCc2c(sc(NC(=O)C3COCCN3)c2C#N)C1. The summed E-state index contributed by atoms with van der Waals surface area (Å²) < 4.78 is 5.31. The molecule has 2 heterocycles. The van der Waals surface area contributed by atoms with Gasteiger partial charge in [0.1, 0.15) is 17.1 Å². The van der Waals surface area contributed by atoms with Gasteiger partial charge in [0.25, 0.3) is 0 Å². The summed E-state index contributed by atoms with van der Waals surface area (Å²) in [6.45, 7) is 3.94. The molecule has 0 aromatic carbocycles. The van der Waals surface area contributed by atoms with Crippen LogP contribution in [0, 0.1) is 17.2 Å². The van der Waals surface area contributed by atoms with E-state index in [1.807, 2.05) is 0 Å². The fourth-order valence-electron chi connectivity index (χ4n) is 2.89. The molecule has 0 spiro atoms. The predicted octanol–water partition coefficient (Wildman–Crippen LogP) is 1.67. The van der Waals surface area contributed by atoms with Crippen molar-refractivity contribution in [2.75, 3.05) is 25.1 Å². The Hall–Kier alpha value is -1.42. The Morgan fingerprint density at radius 1 is 1.57 bits per heavy atom. The van der Waals surface area contributed by atoms with Gasteiger partial charge in [-0.25, -0.2) is 0 Å². The predicted molar refractivity (Wildman–Crippen MR) is 81.5 cm³/mol. The van der Waals surface area contributed by atoms with Crippen molar-refractivity contribution in [2.45, 2.75) is 32.2 Å². The summed E-state index contributed by atoms with van der Waals surface area (Å²) >= 11 is 1.56. The zero-order chi connectivity index (χ0) is 14.8. The van der Waals surface area contributed by atoms with Gasteiger partial charge in [0, 0.05) is 11.4 Å². The van der Waals surface area contributed by atoms with Crippen molar-refractivity contribution in [1.29, 1.82) is 5.26 Å². The Bertz CT molecular complexity index is 584. The quantitative estimate of drug-likeness (QED) is 0.871. The Kier molecular flexibility index (Phi) is 4.24. The number of fused-ring (bicyclic) bond motifs is 1. The minimum absolute atomic E-state index is 0.113. The van der Waals surface area contributed by atoms with Gasteiger partial charge in [-0.3, -0.25) is 4.79 Å². The lowest BCUT2D eigenvalue weighted by atomic mass is 9.88. The number of carbonyl (C=O) groups excluding carboxylic acids is 1. The third-order valence-electron chi connectivity index (χ3n) is 4.10. The van der Waals surface area contributed by atoms with Gasteiger partial charge in [0.2, 0.25) is 5.91 Å². The van der Waals surface area contributed by atoms with Gasteiger partial charge in [-0.2, -0.15) is 5.26 Å². The standard InChI is InChI=1S/C15H19N3O2S/c1-9-2-3-10-11(7-16)15(21-13(10)6-9)18-14(19)12-8-20-5-4-17-12/h9,12,17H,2-6,8H2,1H3,(H,18,19). The van der Waals surface area contributed by atoms with Crippen molar-refractivity contribution in [2.24, 2.45) is 5.92 Å².